The van der Waals surface area contributed by atoms with E-state index in [1.807, 2.05) is 0 Å². The van der Waals surface area contributed by atoms with Gasteiger partial charge in [0.05, 0.1) is 0 Å². The molecule has 1 aromatic rings. The first-order chi connectivity index (χ1) is 5.04. The van der Waals surface area contributed by atoms with Crippen LogP contribution in [0.3, 0.4) is 0 Å². The topological polar surface area (TPSA) is 130 Å². The van der Waals surface area contributed by atoms with Gasteiger partial charge < -0.3 is 28.7 Å². The van der Waals surface area contributed by atoms with E-state index < -0.39 is 0 Å². The molecule has 0 aromatic heterocycles. The molecule has 0 saturated carbocycles. The number of hydrogen-bond acceptors (Lipinski definition) is 5. The monoisotopic (exact) mass is 388 g/mol. The Kier molecular flexibility index (Phi) is 3.52. The van der Waals surface area contributed by atoms with Crippen molar-refractivity contribution in [3.8, 4) is 0 Å². The molecule has 0 atom stereocenters. The van der Waals surface area contributed by atoms with Crippen molar-refractivity contribution < 1.29 is 29.9 Å². The quantitative estimate of drug-likeness (QED) is 0.299. The van der Waals surface area contributed by atoms with E-state index in [0.717, 1.165) is 0 Å². The molecule has 1 radical (unpaired) electrons. The second-order valence-electron chi connectivity index (χ2n) is 2.19. The molecule has 0 unspecified atom stereocenters. The Morgan fingerprint density at radius 3 is 1.33 bits per heavy atom. The molecular weight excluding hydrogens is 379 g/mol. The zero-order valence-electron chi connectivity index (χ0n) is 6.33. The van der Waals surface area contributed by atoms with Crippen LogP contribution in [-0.2, 0) is 0 Å². The Bertz CT molecular complexity index is 272. The van der Waals surface area contributed by atoms with Crippen molar-refractivity contribution in [2.45, 2.75) is 0 Å². The van der Waals surface area contributed by atoms with Crippen LogP contribution in [0.15, 0.2) is 0 Å². The number of nitrogens with two attached hydrogens (primary N) is 5. The summed E-state index contributed by atoms with van der Waals surface area (Å²) < 4.78 is 0. The molecule has 0 spiro atoms. The van der Waals surface area contributed by atoms with E-state index in [1.54, 1.807) is 0 Å². The van der Waals surface area contributed by atoms with Gasteiger partial charge in [-0.2, -0.15) is 0 Å². The maximum Gasteiger partial charge on any atom is 0 e. The maximum absolute atomic E-state index is 5.45. The average molecular weight is 389 g/mol. The SMILES string of the molecule is Nc1[c-]c(N)c(N)c(N)c1N.[Np]. The van der Waals surface area contributed by atoms with Gasteiger partial charge in [0.2, 0.25) is 0 Å². The molecule has 5 nitrogen and oxygen atoms in total. The van der Waals surface area contributed by atoms with E-state index in [1.165, 1.54) is 0 Å². The van der Waals surface area contributed by atoms with Gasteiger partial charge in [-0.1, -0.05) is 11.4 Å². The van der Waals surface area contributed by atoms with Gasteiger partial charge in [0.1, 0.15) is 0 Å². The average Bonchev–Trinajstić information content (AvgIpc) is 1.97. The van der Waals surface area contributed by atoms with E-state index in [-0.39, 0.29) is 58.4 Å². The van der Waals surface area contributed by atoms with Gasteiger partial charge >= 0.3 is 0 Å². The molecule has 0 amide bonds. The minimum Gasteiger partial charge on any atom is -0.446 e. The number of benzene rings is 1. The van der Waals surface area contributed by atoms with E-state index in [9.17, 15) is 0 Å². The first-order valence-corrected chi connectivity index (χ1v) is 2.94. The predicted octanol–water partition coefficient (Wildman–Crippen LogP) is -0.602. The van der Waals surface area contributed by atoms with Crippen molar-refractivity contribution in [1.29, 1.82) is 0 Å². The van der Waals surface area contributed by atoms with Crippen LogP contribution in [0.5, 0.6) is 0 Å². The molecule has 0 fully saturated rings. The number of hydrogen-bond donors (Lipinski definition) is 5. The van der Waals surface area contributed by atoms with Crippen LogP contribution in [0.2, 0.25) is 0 Å². The van der Waals surface area contributed by atoms with E-state index in [4.69, 9.17) is 28.7 Å². The molecule has 0 heterocycles. The summed E-state index contributed by atoms with van der Waals surface area (Å²) >= 11 is 0. The van der Waals surface area contributed by atoms with E-state index in [2.05, 4.69) is 6.07 Å². The summed E-state index contributed by atoms with van der Waals surface area (Å²) in [7, 11) is 0. The third-order valence-corrected chi connectivity index (χ3v) is 1.43. The fourth-order valence-corrected chi connectivity index (χ4v) is 0.715. The van der Waals surface area contributed by atoms with Crippen molar-refractivity contribution in [2.75, 3.05) is 28.7 Å². The van der Waals surface area contributed by atoms with Crippen LogP contribution in [-0.4, -0.2) is 0 Å². The summed E-state index contributed by atoms with van der Waals surface area (Å²) in [6.07, 6.45) is 0. The van der Waals surface area contributed by atoms with Gasteiger partial charge in [-0.15, -0.1) is 6.07 Å². The zero-order chi connectivity index (χ0) is 8.59. The van der Waals surface area contributed by atoms with Crippen LogP contribution in [0.1, 0.15) is 0 Å². The molecule has 6 heteroatoms. The van der Waals surface area contributed by atoms with Gasteiger partial charge in [0.15, 0.2) is 0 Å². The van der Waals surface area contributed by atoms with E-state index in [0.29, 0.717) is 0 Å². The largest absolute Gasteiger partial charge is 0.446 e. The summed E-state index contributed by atoms with van der Waals surface area (Å²) in [5, 5.41) is 0. The molecule has 0 aliphatic carbocycles. The fourth-order valence-electron chi connectivity index (χ4n) is 0.715. The zero-order valence-corrected chi connectivity index (χ0v) is 10.1. The van der Waals surface area contributed by atoms with Crippen molar-refractivity contribution >= 4 is 28.4 Å². The Morgan fingerprint density at radius 1 is 0.667 bits per heavy atom. The van der Waals surface area contributed by atoms with Crippen LogP contribution in [0.25, 0.3) is 0 Å². The Balaban J connectivity index is 0.00000121. The second-order valence-corrected chi connectivity index (χ2v) is 2.19. The minimum absolute atomic E-state index is 0. The molecule has 0 aliphatic heterocycles. The van der Waals surface area contributed by atoms with Crippen molar-refractivity contribution in [2.24, 2.45) is 0 Å². The molecule has 0 aliphatic rings. The molecule has 1 aromatic carbocycles. The predicted molar refractivity (Wildman–Crippen MR) is 47.3 cm³/mol. The van der Waals surface area contributed by atoms with Crippen LogP contribution in [0.4, 0.5) is 28.4 Å². The third kappa shape index (κ3) is 1.69. The van der Waals surface area contributed by atoms with E-state index >= 15 is 0 Å². The Morgan fingerprint density at radius 2 is 1.00 bits per heavy atom. The molecular formula is C6H10N5Np-. The van der Waals surface area contributed by atoms with Gasteiger partial charge in [-0.25, -0.2) is 0 Å². The molecule has 12 heavy (non-hydrogen) atoms. The van der Waals surface area contributed by atoms with Crippen LogP contribution < -0.4 is 28.7 Å². The number of rotatable bonds is 0. The summed E-state index contributed by atoms with van der Waals surface area (Å²) in [5.74, 6) is 0. The number of nitrogen functional groups attached to an aromatic ring is 5. The minimum atomic E-state index is 0. The fraction of sp³-hybridized carbons (Fsp3) is 0. The third-order valence-electron chi connectivity index (χ3n) is 1.43. The molecule has 10 N–H and O–H groups in total. The second kappa shape index (κ2) is 3.76. The smallest absolute Gasteiger partial charge is 0 e. The molecule has 65 valence electrons. The summed E-state index contributed by atoms with van der Waals surface area (Å²) in [4.78, 5) is 0. The summed E-state index contributed by atoms with van der Waals surface area (Å²) in [5.41, 5.74) is 28.3. The van der Waals surface area contributed by atoms with Gasteiger partial charge in [0, 0.05) is 29.9 Å². The van der Waals surface area contributed by atoms with Crippen LogP contribution in [0, 0.1) is 36.0 Å². The van der Waals surface area contributed by atoms with Gasteiger partial charge in [-0.3, -0.25) is 0 Å². The van der Waals surface area contributed by atoms with Gasteiger partial charge in [-0.05, 0) is 17.1 Å². The molecule has 0 saturated heterocycles. The van der Waals surface area contributed by atoms with Crippen molar-refractivity contribution in [3.63, 3.8) is 0 Å². The standard InChI is InChI=1S/C6H10N5.Np/c7-2-1-3(8)5(10)6(11)4(2)9;/h7-11H2;/q-1;. The van der Waals surface area contributed by atoms with Gasteiger partial charge in [0.25, 0.3) is 0 Å². The first-order valence-electron chi connectivity index (χ1n) is 2.94. The first kappa shape index (κ1) is 11.2. The van der Waals surface area contributed by atoms with Crippen molar-refractivity contribution in [3.05, 3.63) is 6.07 Å². The Hall–Kier alpha value is -0.767. The Labute approximate surface area is 92.9 Å². The summed E-state index contributed by atoms with van der Waals surface area (Å²) in [6.45, 7) is 0. The normalized spacial score (nSPS) is 9.00. The number of anilines is 5. The van der Waals surface area contributed by atoms with Crippen molar-refractivity contribution in [1.82, 2.24) is 0 Å². The maximum atomic E-state index is 5.45. The van der Waals surface area contributed by atoms with Crippen LogP contribution >= 0.6 is 0 Å². The molecule has 1 rings (SSSR count). The summed E-state index contributed by atoms with van der Waals surface area (Å²) in [6, 6.07) is 2.57. The molecule has 0 bridgehead atoms.